The molecule has 0 saturated carbocycles. The van der Waals surface area contributed by atoms with Crippen LogP contribution in [0.2, 0.25) is 0 Å². The lowest BCUT2D eigenvalue weighted by molar-refractivity contribution is -0.143. The average molecular weight is 281 g/mol. The molecule has 0 bridgehead atoms. The van der Waals surface area contributed by atoms with Crippen molar-refractivity contribution in [2.24, 2.45) is 0 Å². The summed E-state index contributed by atoms with van der Waals surface area (Å²) >= 11 is 5.79. The molecule has 1 aromatic carbocycles. The Labute approximate surface area is 114 Å². The van der Waals surface area contributed by atoms with Gasteiger partial charge in [0.05, 0.1) is 23.4 Å². The topological polar surface area (TPSA) is 61.2 Å². The molecule has 2 rings (SSSR count). The Hall–Kier alpha value is -1.88. The summed E-state index contributed by atoms with van der Waals surface area (Å²) in [4.78, 5) is 28.1. The average Bonchev–Trinajstić information content (AvgIpc) is 2.42. The maximum absolute atomic E-state index is 12.3. The molecule has 6 heteroatoms. The summed E-state index contributed by atoms with van der Waals surface area (Å²) in [6.07, 6.45) is 0. The van der Waals surface area contributed by atoms with E-state index in [1.165, 1.54) is 4.57 Å². The first-order chi connectivity index (χ1) is 9.17. The van der Waals surface area contributed by atoms with E-state index in [1.807, 2.05) is 0 Å². The van der Waals surface area contributed by atoms with Gasteiger partial charge >= 0.3 is 5.97 Å². The van der Waals surface area contributed by atoms with Crippen molar-refractivity contribution in [1.82, 2.24) is 9.55 Å². The number of hydrogen-bond acceptors (Lipinski definition) is 4. The van der Waals surface area contributed by atoms with E-state index in [2.05, 4.69) is 4.98 Å². The highest BCUT2D eigenvalue weighted by atomic mass is 35.5. The van der Waals surface area contributed by atoms with E-state index in [1.54, 1.807) is 31.2 Å². The third kappa shape index (κ3) is 2.76. The van der Waals surface area contributed by atoms with Crippen LogP contribution in [0.25, 0.3) is 10.9 Å². The van der Waals surface area contributed by atoms with Crippen molar-refractivity contribution in [3.8, 4) is 0 Å². The van der Waals surface area contributed by atoms with Gasteiger partial charge in [-0.1, -0.05) is 12.1 Å². The number of rotatable bonds is 4. The fourth-order valence-corrected chi connectivity index (χ4v) is 2.02. The lowest BCUT2D eigenvalue weighted by Crippen LogP contribution is -2.29. The minimum atomic E-state index is -0.479. The molecule has 0 unspecified atom stereocenters. The van der Waals surface area contributed by atoms with E-state index in [0.717, 1.165) is 0 Å². The zero-order valence-corrected chi connectivity index (χ0v) is 11.2. The van der Waals surface area contributed by atoms with Crippen LogP contribution in [0.4, 0.5) is 0 Å². The maximum atomic E-state index is 12.3. The van der Waals surface area contributed by atoms with Gasteiger partial charge in [-0.25, -0.2) is 4.98 Å². The Balaban J connectivity index is 2.55. The number of aromatic nitrogens is 2. The zero-order valence-electron chi connectivity index (χ0n) is 10.4. The maximum Gasteiger partial charge on any atom is 0.326 e. The Kier molecular flexibility index (Phi) is 4.16. The predicted octanol–water partition coefficient (Wildman–Crippen LogP) is 1.70. The molecule has 0 atom stereocenters. The van der Waals surface area contributed by atoms with Crippen LogP contribution in [0, 0.1) is 0 Å². The van der Waals surface area contributed by atoms with Gasteiger partial charge in [0.1, 0.15) is 12.4 Å². The lowest BCUT2D eigenvalue weighted by Gasteiger charge is -2.10. The van der Waals surface area contributed by atoms with Crippen LogP contribution in [0.15, 0.2) is 29.1 Å². The lowest BCUT2D eigenvalue weighted by atomic mass is 10.2. The standard InChI is InChI=1S/C13H13ClN2O3/c1-2-19-12(17)8-16-11(7-14)15-10-6-4-3-5-9(10)13(16)18/h3-6H,2,7-8H2,1H3. The Morgan fingerprint density at radius 1 is 1.42 bits per heavy atom. The first-order valence-electron chi connectivity index (χ1n) is 5.87. The highest BCUT2D eigenvalue weighted by Crippen LogP contribution is 2.09. The number of alkyl halides is 1. The highest BCUT2D eigenvalue weighted by Gasteiger charge is 2.13. The number of nitrogens with zero attached hydrogens (tertiary/aromatic N) is 2. The molecule has 1 aromatic heterocycles. The van der Waals surface area contributed by atoms with Gasteiger partial charge in [-0.15, -0.1) is 11.6 Å². The van der Waals surface area contributed by atoms with Crippen LogP contribution < -0.4 is 5.56 Å². The zero-order chi connectivity index (χ0) is 13.8. The number of hydrogen-bond donors (Lipinski definition) is 0. The molecule has 0 amide bonds. The number of benzene rings is 1. The molecule has 0 fully saturated rings. The van der Waals surface area contributed by atoms with Crippen LogP contribution in [0.3, 0.4) is 0 Å². The van der Waals surface area contributed by atoms with Crippen molar-refractivity contribution in [1.29, 1.82) is 0 Å². The molecule has 0 spiro atoms. The van der Waals surface area contributed by atoms with E-state index in [4.69, 9.17) is 16.3 Å². The second kappa shape index (κ2) is 5.84. The van der Waals surface area contributed by atoms with Crippen LogP contribution in [-0.4, -0.2) is 22.1 Å². The van der Waals surface area contributed by atoms with Crippen molar-refractivity contribution in [2.75, 3.05) is 6.61 Å². The number of fused-ring (bicyclic) bond motifs is 1. The SMILES string of the molecule is CCOC(=O)Cn1c(CCl)nc2ccccc2c1=O. The van der Waals surface area contributed by atoms with E-state index < -0.39 is 5.97 Å². The molecule has 2 aromatic rings. The van der Waals surface area contributed by atoms with Gasteiger partial charge in [-0.05, 0) is 19.1 Å². The van der Waals surface area contributed by atoms with Crippen molar-refractivity contribution in [3.63, 3.8) is 0 Å². The third-order valence-corrected chi connectivity index (χ3v) is 2.89. The molecule has 0 saturated heterocycles. The van der Waals surface area contributed by atoms with Crippen molar-refractivity contribution in [3.05, 3.63) is 40.4 Å². The molecule has 0 aliphatic carbocycles. The quantitative estimate of drug-likeness (QED) is 0.632. The molecule has 100 valence electrons. The third-order valence-electron chi connectivity index (χ3n) is 2.65. The number of para-hydroxylation sites is 1. The minimum Gasteiger partial charge on any atom is -0.465 e. The Morgan fingerprint density at radius 3 is 2.84 bits per heavy atom. The summed E-state index contributed by atoms with van der Waals surface area (Å²) in [7, 11) is 0. The summed E-state index contributed by atoms with van der Waals surface area (Å²) in [5.41, 5.74) is 0.289. The van der Waals surface area contributed by atoms with Crippen molar-refractivity contribution < 1.29 is 9.53 Å². The Bertz CT molecular complexity index is 666. The number of carbonyl (C=O) groups is 1. The Morgan fingerprint density at radius 2 is 2.16 bits per heavy atom. The van der Waals surface area contributed by atoms with Gasteiger partial charge in [-0.2, -0.15) is 0 Å². The van der Waals surface area contributed by atoms with Crippen molar-refractivity contribution >= 4 is 28.5 Å². The largest absolute Gasteiger partial charge is 0.465 e. The van der Waals surface area contributed by atoms with Gasteiger partial charge in [-0.3, -0.25) is 14.2 Å². The van der Waals surface area contributed by atoms with Crippen LogP contribution >= 0.6 is 11.6 Å². The first-order valence-corrected chi connectivity index (χ1v) is 6.41. The van der Waals surface area contributed by atoms with Crippen LogP contribution in [-0.2, 0) is 22.0 Å². The normalized spacial score (nSPS) is 10.6. The highest BCUT2D eigenvalue weighted by molar-refractivity contribution is 6.16. The molecular formula is C13H13ClN2O3. The van der Waals surface area contributed by atoms with E-state index in [0.29, 0.717) is 16.7 Å². The van der Waals surface area contributed by atoms with Gasteiger partial charge in [0.2, 0.25) is 0 Å². The van der Waals surface area contributed by atoms with Gasteiger partial charge in [0.15, 0.2) is 0 Å². The van der Waals surface area contributed by atoms with Crippen LogP contribution in [0.1, 0.15) is 12.7 Å². The smallest absolute Gasteiger partial charge is 0.326 e. The van der Waals surface area contributed by atoms with E-state index in [-0.39, 0.29) is 24.6 Å². The fraction of sp³-hybridized carbons (Fsp3) is 0.308. The molecule has 0 N–H and O–H groups in total. The minimum absolute atomic E-state index is 0.0550. The molecule has 0 aliphatic rings. The second-order valence-corrected chi connectivity index (χ2v) is 4.14. The second-order valence-electron chi connectivity index (χ2n) is 3.88. The molecule has 19 heavy (non-hydrogen) atoms. The van der Waals surface area contributed by atoms with Gasteiger partial charge < -0.3 is 4.74 Å². The van der Waals surface area contributed by atoms with Gasteiger partial charge in [0.25, 0.3) is 5.56 Å². The number of esters is 1. The fourth-order valence-electron chi connectivity index (χ4n) is 1.81. The number of halogens is 1. The van der Waals surface area contributed by atoms with Crippen LogP contribution in [0.5, 0.6) is 0 Å². The van der Waals surface area contributed by atoms with Gasteiger partial charge in [0, 0.05) is 0 Å². The molecule has 5 nitrogen and oxygen atoms in total. The van der Waals surface area contributed by atoms with Crippen molar-refractivity contribution in [2.45, 2.75) is 19.3 Å². The molecule has 0 radical (unpaired) electrons. The molecular weight excluding hydrogens is 268 g/mol. The first kappa shape index (κ1) is 13.5. The summed E-state index contributed by atoms with van der Waals surface area (Å²) in [6, 6.07) is 6.95. The predicted molar refractivity (Wildman–Crippen MR) is 72.2 cm³/mol. The monoisotopic (exact) mass is 280 g/mol. The number of carbonyl (C=O) groups excluding carboxylic acids is 1. The molecule has 1 heterocycles. The summed E-state index contributed by atoms with van der Waals surface area (Å²) in [5, 5.41) is 0.459. The summed E-state index contributed by atoms with van der Waals surface area (Å²) in [6.45, 7) is 1.80. The number of ether oxygens (including phenoxy) is 1. The van der Waals surface area contributed by atoms with E-state index in [9.17, 15) is 9.59 Å². The van der Waals surface area contributed by atoms with E-state index >= 15 is 0 Å². The summed E-state index contributed by atoms with van der Waals surface area (Å²) in [5.74, 6) is -0.0640. The molecule has 0 aliphatic heterocycles. The summed E-state index contributed by atoms with van der Waals surface area (Å²) < 4.78 is 6.10.